The molecule has 0 spiro atoms. The van der Waals surface area contributed by atoms with Crippen LogP contribution < -0.4 is 4.90 Å². The van der Waals surface area contributed by atoms with Gasteiger partial charge in [0.15, 0.2) is 0 Å². The summed E-state index contributed by atoms with van der Waals surface area (Å²) in [6, 6.07) is 12.3. The van der Waals surface area contributed by atoms with Gasteiger partial charge in [-0.05, 0) is 57.0 Å². The zero-order chi connectivity index (χ0) is 20.8. The van der Waals surface area contributed by atoms with E-state index in [1.807, 2.05) is 29.2 Å². The van der Waals surface area contributed by atoms with Crippen molar-refractivity contribution >= 4 is 23.1 Å². The molecular formula is C22H25F3N2OS. The van der Waals surface area contributed by atoms with Crippen molar-refractivity contribution in [3.63, 3.8) is 0 Å². The quantitative estimate of drug-likeness (QED) is 0.700. The van der Waals surface area contributed by atoms with Gasteiger partial charge in [0.05, 0.1) is 29.6 Å². The predicted molar refractivity (Wildman–Crippen MR) is 110 cm³/mol. The molecule has 0 saturated carbocycles. The number of likely N-dealkylation sites (tertiary alicyclic amines) is 1. The highest BCUT2D eigenvalue weighted by Crippen LogP contribution is 2.49. The minimum atomic E-state index is -4.40. The van der Waals surface area contributed by atoms with E-state index in [9.17, 15) is 18.3 Å². The Bertz CT molecular complexity index is 879. The molecule has 0 bridgehead atoms. The first-order valence-corrected chi connectivity index (χ1v) is 10.7. The van der Waals surface area contributed by atoms with Crippen LogP contribution in [-0.2, 0) is 6.18 Å². The fourth-order valence-electron chi connectivity index (χ4n) is 4.32. The molecule has 2 aliphatic heterocycles. The van der Waals surface area contributed by atoms with Crippen LogP contribution in [0, 0.1) is 0 Å². The lowest BCUT2D eigenvalue weighted by atomic mass is 10.1. The molecule has 2 aliphatic rings. The van der Waals surface area contributed by atoms with E-state index in [1.165, 1.54) is 23.9 Å². The van der Waals surface area contributed by atoms with E-state index in [0.29, 0.717) is 24.3 Å². The number of aliphatic hydroxyl groups excluding tert-OH is 1. The summed E-state index contributed by atoms with van der Waals surface area (Å²) in [5.74, 6) is 0. The van der Waals surface area contributed by atoms with Gasteiger partial charge in [0.2, 0.25) is 0 Å². The van der Waals surface area contributed by atoms with Gasteiger partial charge in [-0.2, -0.15) is 13.2 Å². The number of β-amino-alcohol motifs (C(OH)–C–C–N with tert-alkyl or cyclic N) is 1. The van der Waals surface area contributed by atoms with E-state index in [0.717, 1.165) is 34.4 Å². The van der Waals surface area contributed by atoms with E-state index in [1.54, 1.807) is 0 Å². The zero-order valence-corrected chi connectivity index (χ0v) is 17.3. The highest BCUT2D eigenvalue weighted by molar-refractivity contribution is 7.99. The molecule has 1 saturated heterocycles. The van der Waals surface area contributed by atoms with Crippen molar-refractivity contribution in [1.29, 1.82) is 0 Å². The van der Waals surface area contributed by atoms with Crippen molar-refractivity contribution in [2.75, 3.05) is 18.0 Å². The zero-order valence-electron chi connectivity index (χ0n) is 16.5. The van der Waals surface area contributed by atoms with Crippen LogP contribution in [-0.4, -0.2) is 41.3 Å². The lowest BCUT2D eigenvalue weighted by Crippen LogP contribution is -2.43. The van der Waals surface area contributed by atoms with Crippen LogP contribution in [0.25, 0.3) is 0 Å². The summed E-state index contributed by atoms with van der Waals surface area (Å²) in [6.45, 7) is 5.09. The minimum absolute atomic E-state index is 0.252. The lowest BCUT2D eigenvalue weighted by molar-refractivity contribution is -0.137. The summed E-state index contributed by atoms with van der Waals surface area (Å²) in [4.78, 5) is 5.89. The summed E-state index contributed by atoms with van der Waals surface area (Å²) in [7, 11) is 0. The van der Waals surface area contributed by atoms with Crippen LogP contribution in [0.1, 0.15) is 32.3 Å². The third-order valence-electron chi connectivity index (χ3n) is 5.90. The number of fused-ring (bicyclic) bond motifs is 2. The molecule has 3 unspecified atom stereocenters. The van der Waals surface area contributed by atoms with Gasteiger partial charge < -0.3 is 10.0 Å². The normalized spacial score (nSPS) is 23.0. The van der Waals surface area contributed by atoms with Gasteiger partial charge in [0.1, 0.15) is 0 Å². The lowest BCUT2D eigenvalue weighted by Gasteiger charge is -2.36. The number of benzene rings is 2. The third-order valence-corrected chi connectivity index (χ3v) is 7.03. The average molecular weight is 423 g/mol. The maximum atomic E-state index is 13.3. The largest absolute Gasteiger partial charge is 0.416 e. The fraction of sp³-hybridized carbons (Fsp3) is 0.455. The van der Waals surface area contributed by atoms with Crippen LogP contribution in [0.15, 0.2) is 52.3 Å². The minimum Gasteiger partial charge on any atom is -0.390 e. The van der Waals surface area contributed by atoms with Gasteiger partial charge in [0, 0.05) is 28.4 Å². The monoisotopic (exact) mass is 422 g/mol. The molecule has 3 atom stereocenters. The molecule has 1 N–H and O–H groups in total. The molecule has 0 aliphatic carbocycles. The number of hydrogen-bond donors (Lipinski definition) is 1. The van der Waals surface area contributed by atoms with Gasteiger partial charge in [0.25, 0.3) is 0 Å². The maximum Gasteiger partial charge on any atom is 0.416 e. The van der Waals surface area contributed by atoms with E-state index in [4.69, 9.17) is 0 Å². The van der Waals surface area contributed by atoms with Gasteiger partial charge in [-0.1, -0.05) is 23.9 Å². The second-order valence-corrected chi connectivity index (χ2v) is 9.07. The van der Waals surface area contributed by atoms with Crippen molar-refractivity contribution in [3.8, 4) is 0 Å². The Kier molecular flexibility index (Phi) is 5.57. The van der Waals surface area contributed by atoms with Crippen molar-refractivity contribution in [2.45, 2.75) is 60.8 Å². The van der Waals surface area contributed by atoms with Crippen molar-refractivity contribution in [1.82, 2.24) is 4.90 Å². The van der Waals surface area contributed by atoms with Crippen molar-refractivity contribution in [3.05, 3.63) is 48.0 Å². The maximum absolute atomic E-state index is 13.3. The number of rotatable bonds is 4. The standard InChI is InChI=1S/C22H25F3N2OS/c1-14-7-8-15(2)26(14)12-17(28)13-27-18-5-3-4-6-20(18)29-21-10-9-16(11-19(21)27)22(23,24)25/h3-6,9-11,14-15,17,28H,7-8,12-13H2,1-2H3. The summed E-state index contributed by atoms with van der Waals surface area (Å²) < 4.78 is 40.0. The molecule has 4 rings (SSSR count). The molecule has 2 aromatic rings. The van der Waals surface area contributed by atoms with Crippen LogP contribution in [0.2, 0.25) is 0 Å². The smallest absolute Gasteiger partial charge is 0.390 e. The van der Waals surface area contributed by atoms with Crippen molar-refractivity contribution < 1.29 is 18.3 Å². The number of para-hydroxylation sites is 1. The Morgan fingerprint density at radius 1 is 1.00 bits per heavy atom. The van der Waals surface area contributed by atoms with E-state index in [-0.39, 0.29) is 6.54 Å². The number of halogens is 3. The first kappa shape index (κ1) is 20.6. The first-order valence-electron chi connectivity index (χ1n) is 9.93. The Hall–Kier alpha value is -1.70. The number of anilines is 2. The van der Waals surface area contributed by atoms with Crippen LogP contribution in [0.5, 0.6) is 0 Å². The molecule has 1 fully saturated rings. The van der Waals surface area contributed by atoms with Crippen LogP contribution >= 0.6 is 11.8 Å². The molecule has 2 aromatic carbocycles. The highest BCUT2D eigenvalue weighted by atomic mass is 32.2. The molecule has 3 nitrogen and oxygen atoms in total. The molecule has 2 heterocycles. The Morgan fingerprint density at radius 2 is 1.66 bits per heavy atom. The van der Waals surface area contributed by atoms with Gasteiger partial charge in [-0.15, -0.1) is 0 Å². The number of alkyl halides is 3. The SMILES string of the molecule is CC1CCC(C)N1CC(O)CN1c2ccccc2Sc2ccc(C(F)(F)F)cc21. The number of aliphatic hydroxyl groups is 1. The number of hydrogen-bond acceptors (Lipinski definition) is 4. The molecule has 29 heavy (non-hydrogen) atoms. The van der Waals surface area contributed by atoms with E-state index >= 15 is 0 Å². The second kappa shape index (κ2) is 7.85. The van der Waals surface area contributed by atoms with E-state index in [2.05, 4.69) is 18.7 Å². The average Bonchev–Trinajstić information content (AvgIpc) is 2.98. The van der Waals surface area contributed by atoms with E-state index < -0.39 is 17.8 Å². The third kappa shape index (κ3) is 4.13. The summed E-state index contributed by atoms with van der Waals surface area (Å²) in [5, 5.41) is 10.9. The fourth-order valence-corrected chi connectivity index (χ4v) is 5.40. The molecule has 0 amide bonds. The highest BCUT2D eigenvalue weighted by Gasteiger charge is 2.34. The number of nitrogens with zero attached hydrogens (tertiary/aromatic N) is 2. The van der Waals surface area contributed by atoms with Crippen molar-refractivity contribution in [2.24, 2.45) is 0 Å². The van der Waals surface area contributed by atoms with Crippen LogP contribution in [0.3, 0.4) is 0 Å². The topological polar surface area (TPSA) is 26.7 Å². The Labute approximate surface area is 173 Å². The summed E-state index contributed by atoms with van der Waals surface area (Å²) in [6.07, 6.45) is -2.86. The molecule has 156 valence electrons. The molecule has 7 heteroatoms. The van der Waals surface area contributed by atoms with Crippen LogP contribution in [0.4, 0.5) is 24.5 Å². The van der Waals surface area contributed by atoms with Gasteiger partial charge in [-0.25, -0.2) is 0 Å². The Balaban J connectivity index is 1.65. The molecule has 0 radical (unpaired) electrons. The van der Waals surface area contributed by atoms with Gasteiger partial charge >= 0.3 is 6.18 Å². The first-order chi connectivity index (χ1) is 13.7. The van der Waals surface area contributed by atoms with Gasteiger partial charge in [-0.3, -0.25) is 4.90 Å². The predicted octanol–water partition coefficient (Wildman–Crippen LogP) is 5.54. The summed E-state index contributed by atoms with van der Waals surface area (Å²) in [5.41, 5.74) is 0.675. The molecule has 0 aromatic heterocycles. The second-order valence-electron chi connectivity index (χ2n) is 7.99. The Morgan fingerprint density at radius 3 is 2.34 bits per heavy atom. The summed E-state index contributed by atoms with van der Waals surface area (Å²) >= 11 is 1.47. The molecular weight excluding hydrogens is 397 g/mol.